The fourth-order valence-electron chi connectivity index (χ4n) is 2.56. The lowest BCUT2D eigenvalue weighted by molar-refractivity contribution is -0.385. The Morgan fingerprint density at radius 2 is 2.09 bits per heavy atom. The third-order valence-corrected chi connectivity index (χ3v) is 4.34. The average molecular weight is 305 g/mol. The largest absolute Gasteiger partial charge is 0.293 e. The van der Waals surface area contributed by atoms with E-state index in [0.29, 0.717) is 18.5 Å². The Labute approximate surface area is 129 Å². The fourth-order valence-corrected chi connectivity index (χ4v) is 2.56. The van der Waals surface area contributed by atoms with Crippen molar-refractivity contribution in [1.82, 2.24) is 4.90 Å². The second kappa shape index (κ2) is 6.41. The minimum absolute atomic E-state index is 0.235. The minimum atomic E-state index is -0.630. The van der Waals surface area contributed by atoms with Crippen LogP contribution in [0.3, 0.4) is 0 Å². The molecule has 1 aliphatic carbocycles. The molecule has 0 saturated heterocycles. The van der Waals surface area contributed by atoms with E-state index in [2.05, 4.69) is 25.7 Å². The van der Waals surface area contributed by atoms with Crippen LogP contribution in [-0.4, -0.2) is 21.9 Å². The second-order valence-electron chi connectivity index (χ2n) is 6.22. The minimum Gasteiger partial charge on any atom is -0.293 e. The van der Waals surface area contributed by atoms with Gasteiger partial charge in [0.25, 0.3) is 5.69 Å². The zero-order valence-electron chi connectivity index (χ0n) is 13.0. The van der Waals surface area contributed by atoms with Crippen molar-refractivity contribution in [2.45, 2.75) is 52.2 Å². The van der Waals surface area contributed by atoms with Gasteiger partial charge in [-0.05, 0) is 31.7 Å². The first kappa shape index (κ1) is 16.4. The Morgan fingerprint density at radius 3 is 2.55 bits per heavy atom. The number of nitro benzene ring substituents is 1. The Balaban J connectivity index is 2.33. The first-order valence-electron chi connectivity index (χ1n) is 7.47. The highest BCUT2D eigenvalue weighted by Crippen LogP contribution is 2.33. The lowest BCUT2D eigenvalue weighted by Crippen LogP contribution is -2.38. The molecule has 1 atom stereocenters. The summed E-state index contributed by atoms with van der Waals surface area (Å²) >= 11 is 0. The topological polar surface area (TPSA) is 70.2 Å². The van der Waals surface area contributed by atoms with E-state index in [0.717, 1.165) is 18.9 Å². The highest BCUT2D eigenvalue weighted by molar-refractivity contribution is 5.51. The van der Waals surface area contributed by atoms with Crippen molar-refractivity contribution in [3.63, 3.8) is 0 Å². The molecule has 22 heavy (non-hydrogen) atoms. The summed E-state index contributed by atoms with van der Waals surface area (Å²) in [5, 5.41) is 19.9. The molecule has 0 aliphatic heterocycles. The highest BCUT2D eigenvalue weighted by Gasteiger charge is 2.34. The molecule has 1 aromatic carbocycles. The number of halogens is 1. The molecule has 0 unspecified atom stereocenters. The van der Waals surface area contributed by atoms with E-state index >= 15 is 0 Å². The van der Waals surface area contributed by atoms with Gasteiger partial charge in [-0.1, -0.05) is 13.8 Å². The first-order chi connectivity index (χ1) is 10.3. The molecule has 1 saturated carbocycles. The average Bonchev–Trinajstić information content (AvgIpc) is 3.28. The first-order valence-corrected chi connectivity index (χ1v) is 7.47. The van der Waals surface area contributed by atoms with Gasteiger partial charge in [-0.2, -0.15) is 5.26 Å². The molecule has 0 spiro atoms. The van der Waals surface area contributed by atoms with Crippen LogP contribution in [0.15, 0.2) is 12.1 Å². The number of benzene rings is 1. The van der Waals surface area contributed by atoms with Crippen molar-refractivity contribution in [2.24, 2.45) is 5.92 Å². The third-order valence-electron chi connectivity index (χ3n) is 4.34. The van der Waals surface area contributed by atoms with Crippen LogP contribution >= 0.6 is 0 Å². The molecule has 0 amide bonds. The molecular formula is C16H20FN3O2. The van der Waals surface area contributed by atoms with Gasteiger partial charge in [0.2, 0.25) is 0 Å². The van der Waals surface area contributed by atoms with Crippen LogP contribution in [-0.2, 0) is 6.54 Å². The zero-order valence-corrected chi connectivity index (χ0v) is 13.0. The van der Waals surface area contributed by atoms with Crippen LogP contribution in [0.4, 0.5) is 10.1 Å². The highest BCUT2D eigenvalue weighted by atomic mass is 19.1. The van der Waals surface area contributed by atoms with Gasteiger partial charge < -0.3 is 0 Å². The van der Waals surface area contributed by atoms with Gasteiger partial charge in [-0.15, -0.1) is 0 Å². The SMILES string of the molecule is CC(C)[C@@H](C)N(Cc1cc([N+](=O)[O-])c(C#N)cc1F)C1CC1. The molecule has 0 N–H and O–H groups in total. The predicted octanol–water partition coefficient (Wildman–Crippen LogP) is 3.61. The Morgan fingerprint density at radius 1 is 1.45 bits per heavy atom. The second-order valence-corrected chi connectivity index (χ2v) is 6.22. The van der Waals surface area contributed by atoms with Crippen LogP contribution in [0.5, 0.6) is 0 Å². The molecule has 6 heteroatoms. The fraction of sp³-hybridized carbons (Fsp3) is 0.562. The molecule has 1 aromatic rings. The van der Waals surface area contributed by atoms with E-state index in [9.17, 15) is 14.5 Å². The maximum atomic E-state index is 14.2. The van der Waals surface area contributed by atoms with E-state index in [1.165, 1.54) is 6.07 Å². The van der Waals surface area contributed by atoms with Gasteiger partial charge >= 0.3 is 0 Å². The molecule has 118 valence electrons. The van der Waals surface area contributed by atoms with E-state index in [1.54, 1.807) is 6.07 Å². The van der Waals surface area contributed by atoms with Gasteiger partial charge in [0.05, 0.1) is 4.92 Å². The maximum absolute atomic E-state index is 14.2. The summed E-state index contributed by atoms with van der Waals surface area (Å²) in [6.07, 6.45) is 2.16. The lowest BCUT2D eigenvalue weighted by atomic mass is 10.0. The molecule has 0 bridgehead atoms. The molecular weight excluding hydrogens is 285 g/mol. The van der Waals surface area contributed by atoms with Gasteiger partial charge in [0.1, 0.15) is 17.4 Å². The quantitative estimate of drug-likeness (QED) is 0.594. The van der Waals surface area contributed by atoms with Crippen molar-refractivity contribution in [1.29, 1.82) is 5.26 Å². The van der Waals surface area contributed by atoms with E-state index in [1.807, 2.05) is 0 Å². The monoisotopic (exact) mass is 305 g/mol. The van der Waals surface area contributed by atoms with Crippen LogP contribution < -0.4 is 0 Å². The molecule has 0 aromatic heterocycles. The number of hydrogen-bond donors (Lipinski definition) is 0. The van der Waals surface area contributed by atoms with Gasteiger partial charge in [0, 0.05) is 30.3 Å². The lowest BCUT2D eigenvalue weighted by Gasteiger charge is -2.32. The van der Waals surface area contributed by atoms with Crippen molar-refractivity contribution in [3.05, 3.63) is 39.2 Å². The molecule has 1 aliphatic rings. The summed E-state index contributed by atoms with van der Waals surface area (Å²) in [7, 11) is 0. The van der Waals surface area contributed by atoms with Crippen LogP contribution in [0.1, 0.15) is 44.7 Å². The summed E-state index contributed by atoms with van der Waals surface area (Å²) in [6, 6.07) is 4.54. The number of nitro groups is 1. The third kappa shape index (κ3) is 3.42. The predicted molar refractivity (Wildman–Crippen MR) is 80.6 cm³/mol. The van der Waals surface area contributed by atoms with Gasteiger partial charge in [-0.25, -0.2) is 4.39 Å². The standard InChI is InChI=1S/C16H20FN3O2/c1-10(2)11(3)19(14-4-5-14)9-13-7-16(20(21)22)12(8-18)6-15(13)17/h6-7,10-11,14H,4-5,9H2,1-3H3/t11-/m1/s1. The Hall–Kier alpha value is -2.00. The van der Waals surface area contributed by atoms with E-state index in [4.69, 9.17) is 5.26 Å². The number of nitrogens with zero attached hydrogens (tertiary/aromatic N) is 3. The molecule has 5 nitrogen and oxygen atoms in total. The van der Waals surface area contributed by atoms with Crippen LogP contribution in [0.2, 0.25) is 0 Å². The summed E-state index contributed by atoms with van der Waals surface area (Å²) in [6.45, 7) is 6.65. The summed E-state index contributed by atoms with van der Waals surface area (Å²) in [4.78, 5) is 12.6. The van der Waals surface area contributed by atoms with Crippen molar-refractivity contribution < 1.29 is 9.31 Å². The molecule has 0 radical (unpaired) electrons. The summed E-state index contributed by atoms with van der Waals surface area (Å²) < 4.78 is 14.2. The maximum Gasteiger partial charge on any atom is 0.287 e. The van der Waals surface area contributed by atoms with Crippen molar-refractivity contribution in [2.75, 3.05) is 0 Å². The number of nitriles is 1. The normalized spacial score (nSPS) is 15.9. The molecule has 2 rings (SSSR count). The van der Waals surface area contributed by atoms with Crippen molar-refractivity contribution >= 4 is 5.69 Å². The number of rotatable bonds is 6. The molecule has 1 fully saturated rings. The van der Waals surface area contributed by atoms with Gasteiger partial charge in [0.15, 0.2) is 0 Å². The van der Waals surface area contributed by atoms with Crippen LogP contribution in [0, 0.1) is 33.2 Å². The van der Waals surface area contributed by atoms with E-state index in [-0.39, 0.29) is 22.9 Å². The van der Waals surface area contributed by atoms with E-state index < -0.39 is 10.7 Å². The Kier molecular flexibility index (Phi) is 4.77. The van der Waals surface area contributed by atoms with Gasteiger partial charge in [-0.3, -0.25) is 15.0 Å². The zero-order chi connectivity index (χ0) is 16.4. The Bertz CT molecular complexity index is 621. The smallest absolute Gasteiger partial charge is 0.287 e. The number of hydrogen-bond acceptors (Lipinski definition) is 4. The van der Waals surface area contributed by atoms with Crippen LogP contribution in [0.25, 0.3) is 0 Å². The molecule has 0 heterocycles. The summed E-state index contributed by atoms with van der Waals surface area (Å²) in [5.41, 5.74) is -0.280. The van der Waals surface area contributed by atoms with Crippen molar-refractivity contribution in [3.8, 4) is 6.07 Å². The summed E-state index contributed by atoms with van der Waals surface area (Å²) in [5.74, 6) is -0.138.